The SMILES string of the molecule is O=C(CCCC[C@@H]1SC[C@@H]2NC(=O)N[C@@H]21)NCC1(CO)CCCCC1. The van der Waals surface area contributed by atoms with Crippen LogP contribution in [0.25, 0.3) is 0 Å². The predicted octanol–water partition coefficient (Wildman–Crippen LogP) is 1.77. The van der Waals surface area contributed by atoms with Crippen molar-refractivity contribution in [2.24, 2.45) is 5.41 Å². The number of rotatable bonds is 8. The molecule has 2 heterocycles. The quantitative estimate of drug-likeness (QED) is 0.388. The summed E-state index contributed by atoms with van der Waals surface area (Å²) in [5.41, 5.74) is -0.0862. The fourth-order valence-corrected chi connectivity index (χ4v) is 5.88. The van der Waals surface area contributed by atoms with Crippen LogP contribution in [0.1, 0.15) is 57.8 Å². The van der Waals surface area contributed by atoms with Gasteiger partial charge in [0, 0.05) is 29.4 Å². The number of carbonyl (C=O) groups is 2. The zero-order valence-corrected chi connectivity index (χ0v) is 15.7. The summed E-state index contributed by atoms with van der Waals surface area (Å²) < 4.78 is 0. The maximum absolute atomic E-state index is 12.1. The molecule has 0 unspecified atom stereocenters. The Morgan fingerprint density at radius 3 is 2.80 bits per heavy atom. The Morgan fingerprint density at radius 1 is 1.24 bits per heavy atom. The average Bonchev–Trinajstić information content (AvgIpc) is 3.17. The lowest BCUT2D eigenvalue weighted by molar-refractivity contribution is -0.122. The number of fused-ring (bicyclic) bond motifs is 1. The summed E-state index contributed by atoms with van der Waals surface area (Å²) in [6.45, 7) is 0.788. The number of urea groups is 1. The van der Waals surface area contributed by atoms with E-state index in [-0.39, 0.29) is 36.0 Å². The van der Waals surface area contributed by atoms with Crippen molar-refractivity contribution in [3.63, 3.8) is 0 Å². The molecule has 3 amide bonds. The molecule has 3 fully saturated rings. The zero-order chi connectivity index (χ0) is 17.7. The third-order valence-corrected chi connectivity index (χ3v) is 7.50. The predicted molar refractivity (Wildman–Crippen MR) is 99.6 cm³/mol. The van der Waals surface area contributed by atoms with Crippen molar-refractivity contribution in [1.82, 2.24) is 16.0 Å². The van der Waals surface area contributed by atoms with E-state index in [1.807, 2.05) is 11.8 Å². The van der Waals surface area contributed by atoms with E-state index in [0.29, 0.717) is 18.2 Å². The van der Waals surface area contributed by atoms with Gasteiger partial charge in [-0.15, -0.1) is 0 Å². The van der Waals surface area contributed by atoms with Gasteiger partial charge in [-0.3, -0.25) is 4.79 Å². The summed E-state index contributed by atoms with van der Waals surface area (Å²) in [5, 5.41) is 19.2. The number of thioether (sulfide) groups is 1. The van der Waals surface area contributed by atoms with E-state index < -0.39 is 0 Å². The Labute approximate surface area is 154 Å². The number of nitrogens with one attached hydrogen (secondary N) is 3. The van der Waals surface area contributed by atoms with E-state index >= 15 is 0 Å². The van der Waals surface area contributed by atoms with E-state index in [9.17, 15) is 14.7 Å². The van der Waals surface area contributed by atoms with Crippen LogP contribution in [0.2, 0.25) is 0 Å². The molecule has 2 saturated heterocycles. The van der Waals surface area contributed by atoms with Gasteiger partial charge in [0.25, 0.3) is 0 Å². The summed E-state index contributed by atoms with van der Waals surface area (Å²) in [4.78, 5) is 23.5. The van der Waals surface area contributed by atoms with Crippen LogP contribution >= 0.6 is 11.8 Å². The Hall–Kier alpha value is -0.950. The summed E-state index contributed by atoms with van der Waals surface area (Å²) in [5.74, 6) is 1.09. The van der Waals surface area contributed by atoms with Crippen LogP contribution in [0.4, 0.5) is 4.79 Å². The van der Waals surface area contributed by atoms with Gasteiger partial charge in [0.05, 0.1) is 18.7 Å². The Morgan fingerprint density at radius 2 is 2.04 bits per heavy atom. The van der Waals surface area contributed by atoms with E-state index in [4.69, 9.17) is 0 Å². The molecule has 0 aromatic carbocycles. The minimum Gasteiger partial charge on any atom is -0.396 e. The summed E-state index contributed by atoms with van der Waals surface area (Å²) in [6, 6.07) is 0.484. The molecule has 6 nitrogen and oxygen atoms in total. The van der Waals surface area contributed by atoms with Crippen molar-refractivity contribution in [2.75, 3.05) is 18.9 Å². The van der Waals surface area contributed by atoms with Crippen molar-refractivity contribution >= 4 is 23.7 Å². The van der Waals surface area contributed by atoms with Gasteiger partial charge >= 0.3 is 6.03 Å². The molecule has 3 aliphatic rings. The molecule has 3 rings (SSSR count). The molecule has 0 bridgehead atoms. The zero-order valence-electron chi connectivity index (χ0n) is 14.9. The molecule has 1 aliphatic carbocycles. The van der Waals surface area contributed by atoms with Crippen LogP contribution < -0.4 is 16.0 Å². The maximum Gasteiger partial charge on any atom is 0.315 e. The lowest BCUT2D eigenvalue weighted by Crippen LogP contribution is -2.41. The molecule has 25 heavy (non-hydrogen) atoms. The van der Waals surface area contributed by atoms with E-state index in [2.05, 4.69) is 16.0 Å². The van der Waals surface area contributed by atoms with Crippen molar-refractivity contribution in [3.8, 4) is 0 Å². The fourth-order valence-electron chi connectivity index (χ4n) is 4.34. The van der Waals surface area contributed by atoms with Crippen LogP contribution in [-0.4, -0.2) is 53.3 Å². The van der Waals surface area contributed by atoms with E-state index in [1.165, 1.54) is 6.42 Å². The van der Waals surface area contributed by atoms with Crippen molar-refractivity contribution in [3.05, 3.63) is 0 Å². The molecule has 1 saturated carbocycles. The topological polar surface area (TPSA) is 90.5 Å². The Bertz CT molecular complexity index is 482. The maximum atomic E-state index is 12.1. The number of aliphatic hydroxyl groups is 1. The van der Waals surface area contributed by atoms with Crippen molar-refractivity contribution < 1.29 is 14.7 Å². The summed E-state index contributed by atoms with van der Waals surface area (Å²) in [6.07, 6.45) is 9.08. The van der Waals surface area contributed by atoms with E-state index in [1.54, 1.807) is 0 Å². The molecule has 3 atom stereocenters. The second-order valence-corrected chi connectivity index (χ2v) is 9.14. The first kappa shape index (κ1) is 18.8. The van der Waals surface area contributed by atoms with Crippen molar-refractivity contribution in [2.45, 2.75) is 75.1 Å². The lowest BCUT2D eigenvalue weighted by Gasteiger charge is -2.35. The molecule has 0 aromatic rings. The second kappa shape index (κ2) is 8.62. The highest BCUT2D eigenvalue weighted by Crippen LogP contribution is 2.35. The number of hydrogen-bond acceptors (Lipinski definition) is 4. The van der Waals surface area contributed by atoms with Crippen LogP contribution in [0.3, 0.4) is 0 Å². The third-order valence-electron chi connectivity index (χ3n) is 5.99. The van der Waals surface area contributed by atoms with Crippen LogP contribution in [-0.2, 0) is 4.79 Å². The Kier molecular flexibility index (Phi) is 6.49. The highest BCUT2D eigenvalue weighted by molar-refractivity contribution is 8.00. The van der Waals surface area contributed by atoms with E-state index in [0.717, 1.165) is 50.7 Å². The van der Waals surface area contributed by atoms with Crippen LogP contribution in [0.5, 0.6) is 0 Å². The highest BCUT2D eigenvalue weighted by atomic mass is 32.2. The van der Waals surface area contributed by atoms with Gasteiger partial charge in [0.15, 0.2) is 0 Å². The first-order chi connectivity index (χ1) is 12.1. The average molecular weight is 370 g/mol. The van der Waals surface area contributed by atoms with Gasteiger partial charge in [0.2, 0.25) is 5.91 Å². The summed E-state index contributed by atoms with van der Waals surface area (Å²) >= 11 is 1.92. The molecule has 0 aromatic heterocycles. The highest BCUT2D eigenvalue weighted by Gasteiger charge is 2.42. The van der Waals surface area contributed by atoms with Gasteiger partial charge in [-0.05, 0) is 25.7 Å². The number of amides is 3. The van der Waals surface area contributed by atoms with Crippen LogP contribution in [0.15, 0.2) is 0 Å². The molecule has 2 aliphatic heterocycles. The molecular formula is C18H31N3O3S. The molecule has 0 spiro atoms. The third kappa shape index (κ3) is 4.82. The lowest BCUT2D eigenvalue weighted by atomic mass is 9.74. The standard InChI is InChI=1S/C18H31N3O3S/c22-12-18(8-4-1-5-9-18)11-19-15(23)7-3-2-6-14-16-13(10-25-14)20-17(24)21-16/h13-14,16,22H,1-12H2,(H,19,23)(H2,20,21,24)/t13-,14-,16-/m0/s1. The van der Waals surface area contributed by atoms with Gasteiger partial charge in [-0.2, -0.15) is 11.8 Å². The summed E-state index contributed by atoms with van der Waals surface area (Å²) in [7, 11) is 0. The molecular weight excluding hydrogens is 338 g/mol. The number of aliphatic hydroxyl groups excluding tert-OH is 1. The largest absolute Gasteiger partial charge is 0.396 e. The monoisotopic (exact) mass is 369 g/mol. The minimum atomic E-state index is -0.0862. The molecule has 4 N–H and O–H groups in total. The molecule has 0 radical (unpaired) electrons. The number of hydrogen-bond donors (Lipinski definition) is 4. The fraction of sp³-hybridized carbons (Fsp3) is 0.889. The van der Waals surface area contributed by atoms with Gasteiger partial charge in [0.1, 0.15) is 0 Å². The van der Waals surface area contributed by atoms with Crippen molar-refractivity contribution in [1.29, 1.82) is 0 Å². The molecule has 7 heteroatoms. The Balaban J connectivity index is 1.30. The first-order valence-electron chi connectivity index (χ1n) is 9.68. The van der Waals surface area contributed by atoms with Gasteiger partial charge < -0.3 is 21.1 Å². The number of unbranched alkanes of at least 4 members (excludes halogenated alkanes) is 1. The molecule has 142 valence electrons. The second-order valence-electron chi connectivity index (χ2n) is 7.86. The number of carbonyl (C=O) groups excluding carboxylic acids is 2. The van der Waals surface area contributed by atoms with Gasteiger partial charge in [-0.1, -0.05) is 25.7 Å². The van der Waals surface area contributed by atoms with Gasteiger partial charge in [-0.25, -0.2) is 4.79 Å². The minimum absolute atomic E-state index is 0.0415. The van der Waals surface area contributed by atoms with Crippen LogP contribution in [0, 0.1) is 5.41 Å². The normalized spacial score (nSPS) is 30.4. The first-order valence-corrected chi connectivity index (χ1v) is 10.7. The smallest absolute Gasteiger partial charge is 0.315 e.